The summed E-state index contributed by atoms with van der Waals surface area (Å²) in [5, 5.41) is 5.64. The van der Waals surface area contributed by atoms with E-state index < -0.39 is 0 Å². The van der Waals surface area contributed by atoms with Crippen molar-refractivity contribution in [1.82, 2.24) is 0 Å². The first-order valence-electron chi connectivity index (χ1n) is 10.8. The van der Waals surface area contributed by atoms with Crippen LogP contribution >= 0.6 is 0 Å². The molecule has 0 fully saturated rings. The van der Waals surface area contributed by atoms with E-state index in [1.807, 2.05) is 13.8 Å². The zero-order valence-corrected chi connectivity index (χ0v) is 17.9. The maximum Gasteiger partial charge on any atom is 0.335 e. The van der Waals surface area contributed by atoms with Crippen molar-refractivity contribution in [2.75, 3.05) is 13.2 Å². The molecule has 1 aromatic heterocycles. The van der Waals surface area contributed by atoms with Crippen LogP contribution in [0.15, 0.2) is 82.2 Å². The van der Waals surface area contributed by atoms with Crippen LogP contribution in [0.3, 0.4) is 0 Å². The number of fused-ring (bicyclic) bond motifs is 5. The summed E-state index contributed by atoms with van der Waals surface area (Å²) >= 11 is 0. The van der Waals surface area contributed by atoms with Crippen molar-refractivity contribution in [1.29, 1.82) is 0 Å². The summed E-state index contributed by atoms with van der Waals surface area (Å²) in [7, 11) is 0. The molecular formula is C27H30O3. The minimum absolute atomic E-state index is 0.303. The molecule has 0 N–H and O–H groups in total. The van der Waals surface area contributed by atoms with Crippen LogP contribution < -0.4 is 5.63 Å². The first-order chi connectivity index (χ1) is 14.7. The third kappa shape index (κ3) is 5.58. The van der Waals surface area contributed by atoms with E-state index in [9.17, 15) is 4.79 Å². The first-order valence-corrected chi connectivity index (χ1v) is 10.8. The zero-order chi connectivity index (χ0) is 21.2. The van der Waals surface area contributed by atoms with Gasteiger partial charge in [0.2, 0.25) is 0 Å². The summed E-state index contributed by atoms with van der Waals surface area (Å²) in [6.45, 7) is 5.67. The first kappa shape index (κ1) is 21.8. The minimum Gasteiger partial charge on any atom is -0.431 e. The highest BCUT2D eigenvalue weighted by Gasteiger charge is 2.13. The second-order valence-electron chi connectivity index (χ2n) is 7.20. The van der Waals surface area contributed by atoms with Crippen LogP contribution in [-0.2, 0) is 17.6 Å². The Bertz CT molecular complexity index is 1110. The molecule has 1 heterocycles. The van der Waals surface area contributed by atoms with Crippen molar-refractivity contribution in [2.24, 2.45) is 0 Å². The quantitative estimate of drug-likeness (QED) is 0.357. The molecule has 5 rings (SSSR count). The van der Waals surface area contributed by atoms with Crippen LogP contribution in [0.2, 0.25) is 0 Å². The summed E-state index contributed by atoms with van der Waals surface area (Å²) in [4.78, 5) is 10.1. The molecule has 0 saturated carbocycles. The Balaban J connectivity index is 0.000000177. The molecule has 0 amide bonds. The van der Waals surface area contributed by atoms with E-state index in [0.717, 1.165) is 13.2 Å². The fourth-order valence-electron chi connectivity index (χ4n) is 3.87. The fraction of sp³-hybridized carbons (Fsp3) is 0.296. The summed E-state index contributed by atoms with van der Waals surface area (Å²) in [6, 6.07) is 22.6. The maximum atomic E-state index is 10.1. The van der Waals surface area contributed by atoms with Gasteiger partial charge in [0.05, 0.1) is 6.26 Å². The predicted octanol–water partition coefficient (Wildman–Crippen LogP) is 6.55. The summed E-state index contributed by atoms with van der Waals surface area (Å²) < 4.78 is 9.20. The summed E-state index contributed by atoms with van der Waals surface area (Å²) in [5.41, 5.74) is 2.87. The second kappa shape index (κ2) is 11.3. The van der Waals surface area contributed by atoms with Crippen LogP contribution in [0.1, 0.15) is 37.8 Å². The molecule has 1 aliphatic rings. The number of benzene rings is 3. The third-order valence-corrected chi connectivity index (χ3v) is 5.27. The number of ether oxygens (including phenoxy) is 1. The van der Waals surface area contributed by atoms with Gasteiger partial charge >= 0.3 is 5.63 Å². The van der Waals surface area contributed by atoms with Crippen molar-refractivity contribution in [3.05, 3.63) is 94.5 Å². The van der Waals surface area contributed by atoms with Crippen molar-refractivity contribution < 1.29 is 9.15 Å². The number of hydrogen-bond donors (Lipinski definition) is 0. The van der Waals surface area contributed by atoms with E-state index >= 15 is 0 Å². The number of rotatable bonds is 2. The van der Waals surface area contributed by atoms with Gasteiger partial charge in [0.1, 0.15) is 0 Å². The van der Waals surface area contributed by atoms with E-state index in [1.165, 1.54) is 59.6 Å². The lowest BCUT2D eigenvalue weighted by Crippen LogP contribution is -2.02. The molecule has 3 nitrogen and oxygen atoms in total. The molecule has 156 valence electrons. The Morgan fingerprint density at radius 2 is 1.50 bits per heavy atom. The van der Waals surface area contributed by atoms with Crippen LogP contribution in [0.5, 0.6) is 0 Å². The molecule has 0 spiro atoms. The molecule has 0 radical (unpaired) electrons. The van der Waals surface area contributed by atoms with Gasteiger partial charge in [0.25, 0.3) is 0 Å². The summed E-state index contributed by atoms with van der Waals surface area (Å²) in [5.74, 6) is 0. The minimum atomic E-state index is -0.303. The third-order valence-electron chi connectivity index (χ3n) is 5.27. The van der Waals surface area contributed by atoms with E-state index in [1.54, 1.807) is 23.3 Å². The monoisotopic (exact) mass is 402 g/mol. The average molecular weight is 403 g/mol. The van der Waals surface area contributed by atoms with Gasteiger partial charge in [0.15, 0.2) is 0 Å². The van der Waals surface area contributed by atoms with Crippen LogP contribution in [0.25, 0.3) is 21.5 Å². The topological polar surface area (TPSA) is 39.4 Å². The molecule has 4 aromatic rings. The summed E-state index contributed by atoms with van der Waals surface area (Å²) in [6.07, 6.45) is 6.57. The molecule has 0 atom stereocenters. The van der Waals surface area contributed by atoms with Gasteiger partial charge in [-0.2, -0.15) is 0 Å². The standard InChI is InChI=1S/C18H16.C5H4O2.C4H10O/c1-3-7-15-13(5-1)9-11-18-16-8-4-2-6-14(16)10-12-17(15)18;6-5-3-1-2-4-7-5;1-3-5-4-2/h1,3,5,7,9-12H,2,4,6,8H2;1-4H;3-4H2,1-2H3. The van der Waals surface area contributed by atoms with Crippen LogP contribution in [0, 0.1) is 0 Å². The van der Waals surface area contributed by atoms with Gasteiger partial charge in [-0.05, 0) is 78.3 Å². The highest BCUT2D eigenvalue weighted by atomic mass is 16.5. The van der Waals surface area contributed by atoms with Crippen molar-refractivity contribution in [2.45, 2.75) is 39.5 Å². The number of aryl methyl sites for hydroxylation is 2. The van der Waals surface area contributed by atoms with Gasteiger partial charge in [-0.1, -0.05) is 54.6 Å². The average Bonchev–Trinajstić information content (AvgIpc) is 2.80. The van der Waals surface area contributed by atoms with Gasteiger partial charge in [0, 0.05) is 19.3 Å². The van der Waals surface area contributed by atoms with E-state index in [4.69, 9.17) is 4.74 Å². The van der Waals surface area contributed by atoms with Gasteiger partial charge in [-0.25, -0.2) is 4.79 Å². The fourth-order valence-corrected chi connectivity index (χ4v) is 3.87. The van der Waals surface area contributed by atoms with E-state index in [0.29, 0.717) is 0 Å². The molecule has 0 bridgehead atoms. The SMILES string of the molecule is CCOCC.O=c1cccco1.c1ccc2c(c1)ccc1c3c(ccc12)CCCC3. The highest BCUT2D eigenvalue weighted by molar-refractivity contribution is 6.08. The van der Waals surface area contributed by atoms with Gasteiger partial charge < -0.3 is 9.15 Å². The lowest BCUT2D eigenvalue weighted by atomic mass is 9.86. The van der Waals surface area contributed by atoms with Crippen molar-refractivity contribution in [3.8, 4) is 0 Å². The Hall–Kier alpha value is -2.91. The second-order valence-corrected chi connectivity index (χ2v) is 7.20. The Morgan fingerprint density at radius 1 is 0.767 bits per heavy atom. The van der Waals surface area contributed by atoms with Gasteiger partial charge in [-0.3, -0.25) is 0 Å². The number of hydrogen-bond acceptors (Lipinski definition) is 3. The largest absolute Gasteiger partial charge is 0.431 e. The molecule has 0 unspecified atom stereocenters. The molecule has 1 aliphatic carbocycles. The van der Waals surface area contributed by atoms with Crippen molar-refractivity contribution >= 4 is 21.5 Å². The zero-order valence-electron chi connectivity index (χ0n) is 17.9. The Labute approximate surface area is 178 Å². The van der Waals surface area contributed by atoms with Gasteiger partial charge in [-0.15, -0.1) is 0 Å². The molecule has 30 heavy (non-hydrogen) atoms. The van der Waals surface area contributed by atoms with Crippen molar-refractivity contribution in [3.63, 3.8) is 0 Å². The van der Waals surface area contributed by atoms with E-state index in [2.05, 4.69) is 52.9 Å². The molecule has 3 aromatic carbocycles. The maximum absolute atomic E-state index is 10.1. The van der Waals surface area contributed by atoms with Crippen LogP contribution in [-0.4, -0.2) is 13.2 Å². The van der Waals surface area contributed by atoms with E-state index in [-0.39, 0.29) is 5.63 Å². The molecule has 3 heteroatoms. The molecular weight excluding hydrogens is 372 g/mol. The Kier molecular flexibility index (Phi) is 8.22. The smallest absolute Gasteiger partial charge is 0.335 e. The Morgan fingerprint density at radius 3 is 2.17 bits per heavy atom. The lowest BCUT2D eigenvalue weighted by Gasteiger charge is -2.18. The normalized spacial score (nSPS) is 12.3. The van der Waals surface area contributed by atoms with Crippen LogP contribution in [0.4, 0.5) is 0 Å². The molecule has 0 aliphatic heterocycles. The lowest BCUT2D eigenvalue weighted by molar-refractivity contribution is 0.162. The molecule has 0 saturated heterocycles. The predicted molar refractivity (Wildman–Crippen MR) is 125 cm³/mol. The highest BCUT2D eigenvalue weighted by Crippen LogP contribution is 2.33.